The summed E-state index contributed by atoms with van der Waals surface area (Å²) in [4.78, 5) is 34.4. The number of nitrogens with one attached hydrogen (secondary N) is 1. The number of imide groups is 1. The van der Waals surface area contributed by atoms with Gasteiger partial charge in [-0.25, -0.2) is 4.79 Å². The van der Waals surface area contributed by atoms with Gasteiger partial charge in [0.15, 0.2) is 0 Å². The van der Waals surface area contributed by atoms with Gasteiger partial charge in [-0.2, -0.15) is 0 Å². The molecule has 0 spiro atoms. The molecule has 3 fully saturated rings. The zero-order valence-electron chi connectivity index (χ0n) is 18.6. The number of urea groups is 1. The summed E-state index contributed by atoms with van der Waals surface area (Å²) in [5, 5.41) is 4.25. The van der Waals surface area contributed by atoms with Crippen LogP contribution in [0.2, 0.25) is 5.02 Å². The highest BCUT2D eigenvalue weighted by molar-refractivity contribution is 6.30. The minimum Gasteiger partial charge on any atom is -0.343 e. The molecule has 3 atom stereocenters. The number of nitrogens with zero attached hydrogens (tertiary/aromatic N) is 4. The first-order valence-corrected chi connectivity index (χ1v) is 11.4. The first-order valence-electron chi connectivity index (χ1n) is 11.0. The summed E-state index contributed by atoms with van der Waals surface area (Å²) in [5.74, 6) is -0.138. The number of likely N-dealkylation sites (N-methyl/N-ethyl adjacent to an activating group) is 1. The maximum Gasteiger partial charge on any atom is 0.328 e. The van der Waals surface area contributed by atoms with Crippen LogP contribution in [-0.2, 0) is 11.3 Å². The minimum absolute atomic E-state index is 0.138. The predicted molar refractivity (Wildman–Crippen MR) is 124 cm³/mol. The fraction of sp³-hybridized carbons (Fsp3) is 0.417. The van der Waals surface area contributed by atoms with Gasteiger partial charge in [-0.1, -0.05) is 41.9 Å². The van der Waals surface area contributed by atoms with Gasteiger partial charge in [0.25, 0.3) is 5.91 Å². The smallest absolute Gasteiger partial charge is 0.328 e. The number of halogens is 1. The fourth-order valence-corrected chi connectivity index (χ4v) is 5.33. The molecule has 0 bridgehead atoms. The molecule has 3 aliphatic heterocycles. The number of rotatable bonds is 3. The van der Waals surface area contributed by atoms with E-state index >= 15 is 0 Å². The minimum atomic E-state index is -0.422. The molecular weight excluding hydrogens is 426 g/mol. The van der Waals surface area contributed by atoms with Gasteiger partial charge >= 0.3 is 6.03 Å². The summed E-state index contributed by atoms with van der Waals surface area (Å²) in [6.07, 6.45) is 0.387. The van der Waals surface area contributed by atoms with Gasteiger partial charge in [0.1, 0.15) is 18.5 Å². The summed E-state index contributed by atoms with van der Waals surface area (Å²) < 4.78 is 0. The van der Waals surface area contributed by atoms with Gasteiger partial charge in [0.05, 0.1) is 6.54 Å². The van der Waals surface area contributed by atoms with Crippen LogP contribution in [0.5, 0.6) is 0 Å². The lowest BCUT2D eigenvalue weighted by Crippen LogP contribution is -2.66. The van der Waals surface area contributed by atoms with Crippen molar-refractivity contribution >= 4 is 29.2 Å². The molecule has 2 aromatic carbocycles. The van der Waals surface area contributed by atoms with Crippen LogP contribution in [0.3, 0.4) is 0 Å². The number of hydrogen-bond acceptors (Lipinski definition) is 5. The normalized spacial score (nSPS) is 25.9. The van der Waals surface area contributed by atoms with Crippen molar-refractivity contribution in [2.45, 2.75) is 45.3 Å². The quantitative estimate of drug-likeness (QED) is 0.773. The summed E-state index contributed by atoms with van der Waals surface area (Å²) in [6, 6.07) is 13.1. The molecule has 8 heteroatoms. The summed E-state index contributed by atoms with van der Waals surface area (Å²) >= 11 is 6.30. The maximum absolute atomic E-state index is 13.7. The lowest BCUT2D eigenvalue weighted by atomic mass is 10.1. The van der Waals surface area contributed by atoms with Gasteiger partial charge in [0, 0.05) is 30.8 Å². The van der Waals surface area contributed by atoms with E-state index in [9.17, 15) is 9.59 Å². The lowest BCUT2D eigenvalue weighted by molar-refractivity contribution is -0.139. The van der Waals surface area contributed by atoms with Crippen LogP contribution in [0.25, 0.3) is 0 Å². The predicted octanol–water partition coefficient (Wildman–Crippen LogP) is 3.14. The molecule has 3 saturated heterocycles. The number of aryl methyl sites for hydroxylation is 2. The van der Waals surface area contributed by atoms with Crippen molar-refractivity contribution in [3.63, 3.8) is 0 Å². The van der Waals surface area contributed by atoms with Gasteiger partial charge in [-0.15, -0.1) is 0 Å². The highest BCUT2D eigenvalue weighted by Crippen LogP contribution is 2.35. The number of hydrogen-bond donors (Lipinski definition) is 1. The van der Waals surface area contributed by atoms with Gasteiger partial charge in [-0.05, 0) is 49.1 Å². The largest absolute Gasteiger partial charge is 0.343 e. The number of benzene rings is 2. The third-order valence-corrected chi connectivity index (χ3v) is 7.18. The van der Waals surface area contributed by atoms with E-state index in [1.807, 2.05) is 49.4 Å². The molecule has 0 aliphatic carbocycles. The summed E-state index contributed by atoms with van der Waals surface area (Å²) in [7, 11) is 1.78. The number of carbonyl (C=O) groups excluding carboxylic acids is 2. The number of amides is 3. The third kappa shape index (κ3) is 3.36. The van der Waals surface area contributed by atoms with E-state index in [-0.39, 0.29) is 30.9 Å². The maximum atomic E-state index is 13.7. The van der Waals surface area contributed by atoms with Gasteiger partial charge in [0.2, 0.25) is 0 Å². The Bertz CT molecular complexity index is 1080. The van der Waals surface area contributed by atoms with Crippen LogP contribution in [0.1, 0.15) is 23.1 Å². The van der Waals surface area contributed by atoms with Crippen LogP contribution >= 0.6 is 11.6 Å². The fourth-order valence-electron chi connectivity index (χ4n) is 5.16. The topological polar surface area (TPSA) is 59.1 Å². The van der Waals surface area contributed by atoms with Crippen molar-refractivity contribution in [3.8, 4) is 0 Å². The molecule has 3 unspecified atom stereocenters. The van der Waals surface area contributed by atoms with Gasteiger partial charge in [-0.3, -0.25) is 19.9 Å². The molecule has 3 aliphatic rings. The van der Waals surface area contributed by atoms with E-state index in [0.717, 1.165) is 41.9 Å². The second kappa shape index (κ2) is 8.06. The second-order valence-electron chi connectivity index (χ2n) is 8.89. The van der Waals surface area contributed by atoms with Crippen molar-refractivity contribution in [2.24, 2.45) is 0 Å². The Morgan fingerprint density at radius 3 is 2.62 bits per heavy atom. The van der Waals surface area contributed by atoms with E-state index in [2.05, 4.69) is 22.0 Å². The molecule has 168 valence electrons. The van der Waals surface area contributed by atoms with Crippen molar-refractivity contribution in [3.05, 3.63) is 64.2 Å². The van der Waals surface area contributed by atoms with E-state index in [1.165, 1.54) is 4.90 Å². The van der Waals surface area contributed by atoms with Crippen molar-refractivity contribution in [2.75, 3.05) is 25.0 Å². The zero-order valence-corrected chi connectivity index (χ0v) is 19.3. The molecule has 3 heterocycles. The Balaban J connectivity index is 1.46. The zero-order chi connectivity index (χ0) is 22.6. The average Bonchev–Trinajstić information content (AvgIpc) is 3.18. The standard InChI is InChI=1S/C24H28ClN5O2/c1-15-7-4-5-8-17(15)14-30-22(31)20-21(27(3)24(30)32)26-23-28(11-6-12-29(20)23)19-13-18(25)10-9-16(19)2/h4-5,7-10,13,20-21,23,26H,6,11-12,14H2,1-3H3. The second-order valence-corrected chi connectivity index (χ2v) is 9.33. The molecule has 2 aromatic rings. The number of fused-ring (bicyclic) bond motifs is 3. The summed E-state index contributed by atoms with van der Waals surface area (Å²) in [6.45, 7) is 6.00. The monoisotopic (exact) mass is 453 g/mol. The Labute approximate surface area is 193 Å². The highest BCUT2D eigenvalue weighted by Gasteiger charge is 2.56. The van der Waals surface area contributed by atoms with Crippen molar-refractivity contribution in [1.82, 2.24) is 20.0 Å². The van der Waals surface area contributed by atoms with Crippen molar-refractivity contribution < 1.29 is 9.59 Å². The third-order valence-electron chi connectivity index (χ3n) is 6.94. The van der Waals surface area contributed by atoms with Crippen molar-refractivity contribution in [1.29, 1.82) is 0 Å². The molecule has 5 rings (SSSR count). The van der Waals surface area contributed by atoms with E-state index in [0.29, 0.717) is 5.02 Å². The molecule has 0 saturated carbocycles. The average molecular weight is 454 g/mol. The lowest BCUT2D eigenvalue weighted by Gasteiger charge is -2.44. The van der Waals surface area contributed by atoms with Crippen LogP contribution in [-0.4, -0.2) is 65.3 Å². The van der Waals surface area contributed by atoms with Crippen LogP contribution in [0, 0.1) is 13.8 Å². The molecular formula is C24H28ClN5O2. The molecule has 0 radical (unpaired) electrons. The van der Waals surface area contributed by atoms with E-state index in [4.69, 9.17) is 11.6 Å². The van der Waals surface area contributed by atoms with Crippen LogP contribution in [0.15, 0.2) is 42.5 Å². The Morgan fingerprint density at radius 2 is 1.84 bits per heavy atom. The van der Waals surface area contributed by atoms with E-state index in [1.54, 1.807) is 11.9 Å². The molecule has 3 amide bonds. The molecule has 1 N–H and O–H groups in total. The number of anilines is 1. The molecule has 32 heavy (non-hydrogen) atoms. The first kappa shape index (κ1) is 21.2. The Kier molecular flexibility index (Phi) is 5.35. The Hall–Kier alpha value is -2.61. The highest BCUT2D eigenvalue weighted by atomic mass is 35.5. The summed E-state index contributed by atoms with van der Waals surface area (Å²) in [5.41, 5.74) is 4.24. The van der Waals surface area contributed by atoms with Crippen LogP contribution < -0.4 is 10.2 Å². The first-order chi connectivity index (χ1) is 15.4. The Morgan fingerprint density at radius 1 is 1.06 bits per heavy atom. The number of carbonyl (C=O) groups is 2. The SMILES string of the molecule is Cc1ccccc1CN1C(=O)C2C(NC3N(c4cc(Cl)ccc4C)CCCN23)N(C)C1=O. The molecule has 7 nitrogen and oxygen atoms in total. The molecule has 0 aromatic heterocycles. The van der Waals surface area contributed by atoms with E-state index < -0.39 is 6.04 Å². The van der Waals surface area contributed by atoms with Gasteiger partial charge < -0.3 is 9.80 Å². The van der Waals surface area contributed by atoms with Crippen LogP contribution in [0.4, 0.5) is 10.5 Å².